The van der Waals surface area contributed by atoms with E-state index in [4.69, 9.17) is 25.8 Å². The van der Waals surface area contributed by atoms with Crippen molar-refractivity contribution in [2.75, 3.05) is 25.5 Å². The lowest BCUT2D eigenvalue weighted by molar-refractivity contribution is 0.0104. The molecule has 0 saturated carbocycles. The number of piperidine rings is 1. The fourth-order valence-corrected chi connectivity index (χ4v) is 5.23. The Bertz CT molecular complexity index is 1560. The van der Waals surface area contributed by atoms with Crippen LogP contribution in [-0.2, 0) is 4.74 Å². The van der Waals surface area contributed by atoms with Gasteiger partial charge in [-0.3, -0.25) is 0 Å². The van der Waals surface area contributed by atoms with Crippen molar-refractivity contribution in [1.82, 2.24) is 14.9 Å². The van der Waals surface area contributed by atoms with Crippen molar-refractivity contribution >= 4 is 40.1 Å². The Kier molecular flexibility index (Phi) is 8.68. The van der Waals surface area contributed by atoms with Gasteiger partial charge in [0.1, 0.15) is 29.7 Å². The first-order valence-corrected chi connectivity index (χ1v) is 14.2. The molecule has 1 fully saturated rings. The zero-order valence-electron chi connectivity index (χ0n) is 24.1. The number of anilines is 2. The minimum atomic E-state index is -0.545. The molecule has 5 rings (SSSR count). The van der Waals surface area contributed by atoms with Gasteiger partial charge < -0.3 is 24.4 Å². The zero-order valence-corrected chi connectivity index (χ0v) is 24.8. The summed E-state index contributed by atoms with van der Waals surface area (Å²) in [5.74, 6) is 1.21. The third-order valence-corrected chi connectivity index (χ3v) is 7.39. The number of amides is 1. The Morgan fingerprint density at radius 3 is 2.45 bits per heavy atom. The van der Waals surface area contributed by atoms with Gasteiger partial charge in [0.2, 0.25) is 0 Å². The Morgan fingerprint density at radius 2 is 1.79 bits per heavy atom. The lowest BCUT2D eigenvalue weighted by atomic mass is 9.87. The molecule has 0 radical (unpaired) electrons. The lowest BCUT2D eigenvalue weighted by Crippen LogP contribution is -2.43. The van der Waals surface area contributed by atoms with Gasteiger partial charge in [-0.05, 0) is 63.4 Å². The SMILES string of the molecule is COc1cc2ncnc(Nc3ccc(F)c(Cl)c3)c2cc1OC(c1ccccc1)C1CCN(C(=O)OC(C)(C)C)CC1. The van der Waals surface area contributed by atoms with Crippen LogP contribution in [0.2, 0.25) is 5.02 Å². The lowest BCUT2D eigenvalue weighted by Gasteiger charge is -2.37. The number of fused-ring (bicyclic) bond motifs is 1. The van der Waals surface area contributed by atoms with Gasteiger partial charge in [-0.25, -0.2) is 19.2 Å². The minimum Gasteiger partial charge on any atom is -0.493 e. The summed E-state index contributed by atoms with van der Waals surface area (Å²) in [6, 6.07) is 18.1. The highest BCUT2D eigenvalue weighted by atomic mass is 35.5. The summed E-state index contributed by atoms with van der Waals surface area (Å²) in [5.41, 5.74) is 1.71. The molecule has 8 nitrogen and oxygen atoms in total. The highest BCUT2D eigenvalue weighted by Crippen LogP contribution is 2.41. The monoisotopic (exact) mass is 592 g/mol. The molecule has 2 heterocycles. The normalized spacial score (nSPS) is 14.9. The molecule has 0 spiro atoms. The number of hydrogen-bond acceptors (Lipinski definition) is 7. The number of carbonyl (C=O) groups is 1. The molecule has 10 heteroatoms. The summed E-state index contributed by atoms with van der Waals surface area (Å²) in [5, 5.41) is 3.91. The molecule has 1 unspecified atom stereocenters. The number of aromatic nitrogens is 2. The van der Waals surface area contributed by atoms with E-state index in [1.807, 2.05) is 63.2 Å². The van der Waals surface area contributed by atoms with Crippen LogP contribution >= 0.6 is 11.6 Å². The van der Waals surface area contributed by atoms with Crippen molar-refractivity contribution < 1.29 is 23.4 Å². The fraction of sp³-hybridized carbons (Fsp3) is 0.344. The Balaban J connectivity index is 1.44. The van der Waals surface area contributed by atoms with Gasteiger partial charge in [0.25, 0.3) is 0 Å². The van der Waals surface area contributed by atoms with E-state index in [0.29, 0.717) is 47.0 Å². The molecule has 1 amide bonds. The number of hydrogen-bond donors (Lipinski definition) is 1. The van der Waals surface area contributed by atoms with Gasteiger partial charge in [0, 0.05) is 36.1 Å². The third kappa shape index (κ3) is 6.85. The fourth-order valence-electron chi connectivity index (χ4n) is 5.05. The first-order chi connectivity index (χ1) is 20.1. The summed E-state index contributed by atoms with van der Waals surface area (Å²) in [7, 11) is 1.59. The number of nitrogens with zero attached hydrogens (tertiary/aromatic N) is 3. The Morgan fingerprint density at radius 1 is 1.05 bits per heavy atom. The summed E-state index contributed by atoms with van der Waals surface area (Å²) in [4.78, 5) is 23.3. The summed E-state index contributed by atoms with van der Waals surface area (Å²) >= 11 is 5.99. The van der Waals surface area contributed by atoms with Gasteiger partial charge in [-0.1, -0.05) is 41.9 Å². The summed E-state index contributed by atoms with van der Waals surface area (Å²) in [6.07, 6.45) is 2.35. The van der Waals surface area contributed by atoms with Crippen LogP contribution in [0.1, 0.15) is 45.3 Å². The van der Waals surface area contributed by atoms with Crippen molar-refractivity contribution in [3.05, 3.63) is 83.4 Å². The van der Waals surface area contributed by atoms with Crippen LogP contribution in [0.3, 0.4) is 0 Å². The zero-order chi connectivity index (χ0) is 29.9. The van der Waals surface area contributed by atoms with Crippen LogP contribution < -0.4 is 14.8 Å². The van der Waals surface area contributed by atoms with Crippen molar-refractivity contribution in [2.45, 2.75) is 45.3 Å². The van der Waals surface area contributed by atoms with Gasteiger partial charge >= 0.3 is 6.09 Å². The van der Waals surface area contributed by atoms with Gasteiger partial charge in [0.15, 0.2) is 11.5 Å². The summed E-state index contributed by atoms with van der Waals surface area (Å²) in [6.45, 7) is 6.75. The Hall–Kier alpha value is -4.11. The van der Waals surface area contributed by atoms with Gasteiger partial charge in [-0.2, -0.15) is 0 Å². The number of halogens is 2. The van der Waals surface area contributed by atoms with Crippen LogP contribution in [-0.4, -0.2) is 46.8 Å². The van der Waals surface area contributed by atoms with Gasteiger partial charge in [-0.15, -0.1) is 0 Å². The average molecular weight is 593 g/mol. The van der Waals surface area contributed by atoms with E-state index in [9.17, 15) is 9.18 Å². The second-order valence-electron chi connectivity index (χ2n) is 11.3. The quantitative estimate of drug-likeness (QED) is 0.233. The molecule has 220 valence electrons. The number of nitrogens with one attached hydrogen (secondary N) is 1. The highest BCUT2D eigenvalue weighted by molar-refractivity contribution is 6.31. The standard InChI is InChI=1S/C32H34ClFN4O4/c1-32(2,3)42-31(39)38-14-12-21(13-15-38)29(20-8-6-5-7-9-20)41-28-17-23-26(18-27(28)40-4)35-19-36-30(23)37-22-10-11-25(34)24(33)16-22/h5-11,16-19,21,29H,12-15H2,1-4H3,(H,35,36,37). The van der Waals surface area contributed by atoms with E-state index in [-0.39, 0.29) is 23.1 Å². The van der Waals surface area contributed by atoms with Crippen LogP contribution in [0.25, 0.3) is 10.9 Å². The average Bonchev–Trinajstić information content (AvgIpc) is 2.97. The maximum Gasteiger partial charge on any atom is 0.410 e. The van der Waals surface area contributed by atoms with Crippen LogP contribution in [0.5, 0.6) is 11.5 Å². The van der Waals surface area contributed by atoms with Crippen molar-refractivity contribution in [3.8, 4) is 11.5 Å². The van der Waals surface area contributed by atoms with E-state index in [1.165, 1.54) is 18.5 Å². The highest BCUT2D eigenvalue weighted by Gasteiger charge is 2.33. The molecule has 1 aliphatic rings. The number of benzene rings is 3. The molecular weight excluding hydrogens is 559 g/mol. The molecule has 3 aromatic carbocycles. The topological polar surface area (TPSA) is 85.8 Å². The number of methoxy groups -OCH3 is 1. The molecule has 1 aromatic heterocycles. The van der Waals surface area contributed by atoms with E-state index in [0.717, 1.165) is 18.4 Å². The summed E-state index contributed by atoms with van der Waals surface area (Å²) < 4.78 is 31.8. The molecule has 4 aromatic rings. The third-order valence-electron chi connectivity index (χ3n) is 7.10. The molecule has 0 bridgehead atoms. The largest absolute Gasteiger partial charge is 0.493 e. The van der Waals surface area contributed by atoms with Crippen molar-refractivity contribution in [2.24, 2.45) is 5.92 Å². The van der Waals surface area contributed by atoms with Crippen molar-refractivity contribution in [1.29, 1.82) is 0 Å². The number of rotatable bonds is 7. The first-order valence-electron chi connectivity index (χ1n) is 13.9. The number of likely N-dealkylation sites (tertiary alicyclic amines) is 1. The molecular formula is C32H34ClFN4O4. The second-order valence-corrected chi connectivity index (χ2v) is 11.7. The number of ether oxygens (including phenoxy) is 3. The maximum atomic E-state index is 13.7. The van der Waals surface area contributed by atoms with E-state index >= 15 is 0 Å². The molecule has 1 N–H and O–H groups in total. The van der Waals surface area contributed by atoms with E-state index in [2.05, 4.69) is 15.3 Å². The van der Waals surface area contributed by atoms with Gasteiger partial charge in [0.05, 0.1) is 17.6 Å². The van der Waals surface area contributed by atoms with Crippen LogP contribution in [0.15, 0.2) is 67.0 Å². The molecule has 1 atom stereocenters. The van der Waals surface area contributed by atoms with Crippen LogP contribution in [0.4, 0.5) is 20.7 Å². The van der Waals surface area contributed by atoms with Crippen LogP contribution in [0, 0.1) is 11.7 Å². The minimum absolute atomic E-state index is 0.00692. The Labute approximate surface area is 249 Å². The smallest absolute Gasteiger partial charge is 0.410 e. The second kappa shape index (κ2) is 12.4. The van der Waals surface area contributed by atoms with E-state index < -0.39 is 11.4 Å². The maximum absolute atomic E-state index is 13.7. The molecule has 1 saturated heterocycles. The first kappa shape index (κ1) is 29.4. The predicted molar refractivity (Wildman–Crippen MR) is 161 cm³/mol. The van der Waals surface area contributed by atoms with E-state index in [1.54, 1.807) is 18.1 Å². The number of carbonyl (C=O) groups excluding carboxylic acids is 1. The molecule has 42 heavy (non-hydrogen) atoms. The molecule has 0 aliphatic carbocycles. The predicted octanol–water partition coefficient (Wildman–Crippen LogP) is 7.94. The molecule has 1 aliphatic heterocycles. The van der Waals surface area contributed by atoms with Crippen molar-refractivity contribution in [3.63, 3.8) is 0 Å².